The lowest BCUT2D eigenvalue weighted by molar-refractivity contribution is 0.105. The number of Topliss-reactive ketones (excluding diaryl/α,β-unsaturated/α-hetero) is 1. The van der Waals surface area contributed by atoms with Gasteiger partial charge in [-0.05, 0) is 29.7 Å². The van der Waals surface area contributed by atoms with Crippen molar-refractivity contribution >= 4 is 11.5 Å². The Morgan fingerprint density at radius 2 is 1.74 bits per heavy atom. The highest BCUT2D eigenvalue weighted by Crippen LogP contribution is 2.19. The van der Waals surface area contributed by atoms with E-state index < -0.39 is 0 Å². The van der Waals surface area contributed by atoms with Crippen LogP contribution in [0.25, 0.3) is 10.4 Å². The van der Waals surface area contributed by atoms with Crippen molar-refractivity contribution in [2.75, 3.05) is 0 Å². The van der Waals surface area contributed by atoms with E-state index in [9.17, 15) is 4.79 Å². The van der Waals surface area contributed by atoms with Gasteiger partial charge in [0.1, 0.15) is 0 Å². The second-order valence-corrected chi connectivity index (χ2v) is 3.65. The third-order valence-electron chi connectivity index (χ3n) is 2.40. The molecule has 0 aromatic heterocycles. The van der Waals surface area contributed by atoms with Crippen LogP contribution < -0.4 is 0 Å². The molecule has 0 aliphatic carbocycles. The van der Waals surface area contributed by atoms with Gasteiger partial charge in [0.2, 0.25) is 5.78 Å². The number of carbonyl (C=O) groups excluding carboxylic acids is 1. The molecule has 19 heavy (non-hydrogen) atoms. The number of hydrogen-bond donors (Lipinski definition) is 0. The zero-order valence-corrected chi connectivity index (χ0v) is 9.95. The maximum absolute atomic E-state index is 12.0. The van der Waals surface area contributed by atoms with E-state index in [-0.39, 0.29) is 11.5 Å². The minimum absolute atomic E-state index is 0.289. The van der Waals surface area contributed by atoms with E-state index in [2.05, 4.69) is 21.9 Å². The van der Waals surface area contributed by atoms with Crippen LogP contribution in [0.2, 0.25) is 0 Å². The second-order valence-electron chi connectivity index (χ2n) is 3.65. The fourth-order valence-corrected chi connectivity index (χ4v) is 1.52. The van der Waals surface area contributed by atoms with E-state index in [0.29, 0.717) is 5.56 Å². The Morgan fingerprint density at radius 3 is 2.47 bits per heavy atom. The molecule has 0 saturated carbocycles. The van der Waals surface area contributed by atoms with Gasteiger partial charge >= 0.3 is 0 Å². The van der Waals surface area contributed by atoms with Crippen LogP contribution in [0.1, 0.15) is 15.9 Å². The minimum atomic E-state index is -0.369. The fourth-order valence-electron chi connectivity index (χ4n) is 1.52. The number of ketones is 1. The SMILES string of the molecule is [N-]=[N+]=Nc1ccccc1C(=O)C#Cc1ccccc1. The van der Waals surface area contributed by atoms with Gasteiger partial charge in [-0.3, -0.25) is 4.79 Å². The largest absolute Gasteiger partial charge is 0.279 e. The zero-order valence-electron chi connectivity index (χ0n) is 9.95. The number of rotatable bonds is 2. The summed E-state index contributed by atoms with van der Waals surface area (Å²) in [6.07, 6.45) is 0. The van der Waals surface area contributed by atoms with Crippen molar-refractivity contribution in [3.63, 3.8) is 0 Å². The van der Waals surface area contributed by atoms with Gasteiger partial charge < -0.3 is 0 Å². The van der Waals surface area contributed by atoms with Crippen molar-refractivity contribution in [1.82, 2.24) is 0 Å². The Kier molecular flexibility index (Phi) is 3.97. The number of nitrogens with zero attached hydrogens (tertiary/aromatic N) is 3. The van der Waals surface area contributed by atoms with Gasteiger partial charge in [0.15, 0.2) is 0 Å². The van der Waals surface area contributed by atoms with E-state index >= 15 is 0 Å². The summed E-state index contributed by atoms with van der Waals surface area (Å²) in [5.41, 5.74) is 9.80. The molecule has 0 aliphatic heterocycles. The second kappa shape index (κ2) is 6.06. The molecule has 90 valence electrons. The van der Waals surface area contributed by atoms with Gasteiger partial charge in [-0.15, -0.1) is 0 Å². The lowest BCUT2D eigenvalue weighted by atomic mass is 10.1. The summed E-state index contributed by atoms with van der Waals surface area (Å²) in [7, 11) is 0. The molecular formula is C15H9N3O. The highest BCUT2D eigenvalue weighted by atomic mass is 16.1. The van der Waals surface area contributed by atoms with Crippen molar-refractivity contribution in [3.8, 4) is 11.8 Å². The normalized spacial score (nSPS) is 8.84. The molecule has 0 unspecified atom stereocenters. The first-order chi connectivity index (χ1) is 9.31. The lowest BCUT2D eigenvalue weighted by Crippen LogP contribution is -1.95. The molecule has 0 amide bonds. The number of carbonyl (C=O) groups is 1. The van der Waals surface area contributed by atoms with E-state index in [0.717, 1.165) is 5.56 Å². The number of hydrogen-bond acceptors (Lipinski definition) is 2. The van der Waals surface area contributed by atoms with Gasteiger partial charge in [-0.2, -0.15) is 0 Å². The Hall–Kier alpha value is -3.02. The van der Waals surface area contributed by atoms with Crippen LogP contribution in [0.4, 0.5) is 5.69 Å². The van der Waals surface area contributed by atoms with Crippen LogP contribution in [0.3, 0.4) is 0 Å². The first-order valence-corrected chi connectivity index (χ1v) is 5.57. The molecule has 0 aliphatic rings. The van der Waals surface area contributed by atoms with Crippen LogP contribution in [0.5, 0.6) is 0 Å². The van der Waals surface area contributed by atoms with Crippen LogP contribution in [-0.2, 0) is 0 Å². The number of azide groups is 1. The predicted octanol–water partition coefficient (Wildman–Crippen LogP) is 3.86. The van der Waals surface area contributed by atoms with E-state index in [1.54, 1.807) is 24.3 Å². The molecule has 0 saturated heterocycles. The average Bonchev–Trinajstić information content (AvgIpc) is 2.47. The first-order valence-electron chi connectivity index (χ1n) is 5.57. The Morgan fingerprint density at radius 1 is 1.05 bits per heavy atom. The van der Waals surface area contributed by atoms with E-state index in [1.807, 2.05) is 30.3 Å². The van der Waals surface area contributed by atoms with Crippen LogP contribution >= 0.6 is 0 Å². The molecule has 0 fully saturated rings. The third-order valence-corrected chi connectivity index (χ3v) is 2.40. The van der Waals surface area contributed by atoms with Crippen molar-refractivity contribution in [1.29, 1.82) is 0 Å². The molecule has 0 spiro atoms. The average molecular weight is 247 g/mol. The summed E-state index contributed by atoms with van der Waals surface area (Å²) >= 11 is 0. The molecule has 4 nitrogen and oxygen atoms in total. The maximum atomic E-state index is 12.0. The monoisotopic (exact) mass is 247 g/mol. The van der Waals surface area contributed by atoms with Crippen molar-refractivity contribution < 1.29 is 4.79 Å². The number of benzene rings is 2. The van der Waals surface area contributed by atoms with Crippen LogP contribution in [-0.4, -0.2) is 5.78 Å². The molecule has 0 N–H and O–H groups in total. The van der Waals surface area contributed by atoms with Gasteiger partial charge in [-0.1, -0.05) is 47.4 Å². The molecule has 0 atom stereocenters. The topological polar surface area (TPSA) is 65.8 Å². The van der Waals surface area contributed by atoms with Crippen molar-refractivity contribution in [2.24, 2.45) is 5.11 Å². The summed E-state index contributed by atoms with van der Waals surface area (Å²) in [6, 6.07) is 15.8. The Balaban J connectivity index is 2.31. The molecule has 4 heteroatoms. The third kappa shape index (κ3) is 3.22. The smallest absolute Gasteiger partial charge is 0.236 e. The fraction of sp³-hybridized carbons (Fsp3) is 0. The lowest BCUT2D eigenvalue weighted by Gasteiger charge is -1.97. The zero-order chi connectivity index (χ0) is 13.5. The highest BCUT2D eigenvalue weighted by Gasteiger charge is 2.06. The first kappa shape index (κ1) is 12.4. The van der Waals surface area contributed by atoms with Crippen molar-refractivity contribution in [2.45, 2.75) is 0 Å². The molecule has 0 radical (unpaired) electrons. The molecule has 2 aromatic rings. The molecule has 2 rings (SSSR count). The highest BCUT2D eigenvalue weighted by molar-refractivity contribution is 6.12. The van der Waals surface area contributed by atoms with Gasteiger partial charge in [-0.25, -0.2) is 0 Å². The Bertz CT molecular complexity index is 705. The van der Waals surface area contributed by atoms with Crippen molar-refractivity contribution in [3.05, 3.63) is 76.2 Å². The molecular weight excluding hydrogens is 238 g/mol. The van der Waals surface area contributed by atoms with Crippen LogP contribution in [0, 0.1) is 11.8 Å². The predicted molar refractivity (Wildman–Crippen MR) is 72.9 cm³/mol. The maximum Gasteiger partial charge on any atom is 0.236 e. The summed E-state index contributed by atoms with van der Waals surface area (Å²) in [6.45, 7) is 0. The molecule has 0 bridgehead atoms. The van der Waals surface area contributed by atoms with Gasteiger partial charge in [0.25, 0.3) is 0 Å². The summed E-state index contributed by atoms with van der Waals surface area (Å²) in [5, 5.41) is 3.47. The quantitative estimate of drug-likeness (QED) is 0.261. The summed E-state index contributed by atoms with van der Waals surface area (Å²) < 4.78 is 0. The molecule has 0 heterocycles. The minimum Gasteiger partial charge on any atom is -0.279 e. The Labute approximate surface area is 110 Å². The van der Waals surface area contributed by atoms with Gasteiger partial charge in [0.05, 0.1) is 0 Å². The summed E-state index contributed by atoms with van der Waals surface area (Å²) in [4.78, 5) is 14.6. The molecule has 2 aromatic carbocycles. The summed E-state index contributed by atoms with van der Waals surface area (Å²) in [5.74, 6) is 4.95. The van der Waals surface area contributed by atoms with Gasteiger partial charge in [0, 0.05) is 21.7 Å². The van der Waals surface area contributed by atoms with E-state index in [1.165, 1.54) is 0 Å². The standard InChI is InChI=1S/C15H9N3O/c16-18-17-14-9-5-4-8-13(14)15(19)11-10-12-6-2-1-3-7-12/h1-9H. The van der Waals surface area contributed by atoms with E-state index in [4.69, 9.17) is 5.53 Å². The van der Waals surface area contributed by atoms with Crippen LogP contribution in [0.15, 0.2) is 59.7 Å².